The van der Waals surface area contributed by atoms with Crippen LogP contribution in [0.2, 0.25) is 0 Å². The first-order valence-electron chi connectivity index (χ1n) is 5.90. The van der Waals surface area contributed by atoms with Gasteiger partial charge in [0.1, 0.15) is 0 Å². The van der Waals surface area contributed by atoms with Gasteiger partial charge in [0.05, 0.1) is 5.75 Å². The van der Waals surface area contributed by atoms with Gasteiger partial charge in [-0.3, -0.25) is 0 Å². The van der Waals surface area contributed by atoms with Crippen molar-refractivity contribution in [2.45, 2.75) is 45.3 Å². The third-order valence-corrected chi connectivity index (χ3v) is 3.57. The zero-order valence-electron chi connectivity index (χ0n) is 10.7. The Hall–Kier alpha value is -0.340. The van der Waals surface area contributed by atoms with Crippen molar-refractivity contribution < 1.29 is 21.6 Å². The zero-order valence-corrected chi connectivity index (χ0v) is 11.5. The van der Waals surface area contributed by atoms with Gasteiger partial charge in [-0.2, -0.15) is 13.2 Å². The first-order chi connectivity index (χ1) is 8.12. The molecule has 0 radical (unpaired) electrons. The Morgan fingerprint density at radius 2 is 1.72 bits per heavy atom. The average molecular weight is 290 g/mol. The number of halogens is 3. The summed E-state index contributed by atoms with van der Waals surface area (Å²) in [5.74, 6) is -0.0707. The van der Waals surface area contributed by atoms with Crippen LogP contribution in [-0.2, 0) is 10.0 Å². The molecule has 0 amide bonds. The topological polar surface area (TPSA) is 58.2 Å². The van der Waals surface area contributed by atoms with Crippen LogP contribution in [-0.4, -0.2) is 39.5 Å². The third kappa shape index (κ3) is 12.1. The van der Waals surface area contributed by atoms with E-state index in [0.717, 1.165) is 0 Å². The molecule has 110 valence electrons. The molecule has 0 aromatic carbocycles. The summed E-state index contributed by atoms with van der Waals surface area (Å²) in [6, 6.07) is 0.285. The molecule has 0 saturated heterocycles. The standard InChI is InChI=1S/C10H21F3N2O2S/c1-9(2)14-6-4-8-18(16,17)15-7-3-5-10(11,12)13/h9,14-15H,3-8H2,1-2H3. The number of sulfonamides is 1. The van der Waals surface area contributed by atoms with Crippen molar-refractivity contribution >= 4 is 10.0 Å². The van der Waals surface area contributed by atoms with E-state index in [9.17, 15) is 21.6 Å². The lowest BCUT2D eigenvalue weighted by Gasteiger charge is -2.10. The number of hydrogen-bond acceptors (Lipinski definition) is 3. The van der Waals surface area contributed by atoms with E-state index in [1.807, 2.05) is 13.8 Å². The number of hydrogen-bond donors (Lipinski definition) is 2. The smallest absolute Gasteiger partial charge is 0.314 e. The molecule has 0 aromatic rings. The second-order valence-corrected chi connectivity index (χ2v) is 6.32. The van der Waals surface area contributed by atoms with Gasteiger partial charge in [-0.25, -0.2) is 13.1 Å². The van der Waals surface area contributed by atoms with E-state index in [1.165, 1.54) is 0 Å². The van der Waals surface area contributed by atoms with Crippen LogP contribution >= 0.6 is 0 Å². The van der Waals surface area contributed by atoms with Gasteiger partial charge in [0.2, 0.25) is 10.0 Å². The van der Waals surface area contributed by atoms with E-state index in [4.69, 9.17) is 0 Å². The number of nitrogens with one attached hydrogen (secondary N) is 2. The first kappa shape index (κ1) is 17.7. The van der Waals surface area contributed by atoms with Crippen molar-refractivity contribution in [3.8, 4) is 0 Å². The maximum atomic E-state index is 11.8. The minimum atomic E-state index is -4.23. The van der Waals surface area contributed by atoms with E-state index >= 15 is 0 Å². The predicted octanol–water partition coefficient (Wildman–Crippen LogP) is 1.64. The van der Waals surface area contributed by atoms with Crippen molar-refractivity contribution in [1.82, 2.24) is 10.0 Å². The molecular weight excluding hydrogens is 269 g/mol. The monoisotopic (exact) mass is 290 g/mol. The minimum Gasteiger partial charge on any atom is -0.314 e. The molecule has 0 aliphatic carbocycles. The van der Waals surface area contributed by atoms with E-state index in [1.54, 1.807) is 0 Å². The van der Waals surface area contributed by atoms with Gasteiger partial charge < -0.3 is 5.32 Å². The Bertz CT molecular complexity index is 316. The molecule has 0 aliphatic heterocycles. The van der Waals surface area contributed by atoms with E-state index in [-0.39, 0.29) is 24.8 Å². The quantitative estimate of drug-likeness (QED) is 0.635. The summed E-state index contributed by atoms with van der Waals surface area (Å²) >= 11 is 0. The molecular formula is C10H21F3N2O2S. The molecule has 0 heterocycles. The maximum absolute atomic E-state index is 11.8. The molecule has 8 heteroatoms. The van der Waals surface area contributed by atoms with Crippen molar-refractivity contribution in [2.24, 2.45) is 0 Å². The van der Waals surface area contributed by atoms with Gasteiger partial charge in [-0.15, -0.1) is 0 Å². The Morgan fingerprint density at radius 1 is 1.11 bits per heavy atom. The predicted molar refractivity (Wildman–Crippen MR) is 64.8 cm³/mol. The molecule has 0 bridgehead atoms. The first-order valence-corrected chi connectivity index (χ1v) is 7.55. The van der Waals surface area contributed by atoms with Crippen molar-refractivity contribution in [2.75, 3.05) is 18.8 Å². The molecule has 0 atom stereocenters. The largest absolute Gasteiger partial charge is 0.389 e. The Kier molecular flexibility index (Phi) is 7.81. The lowest BCUT2D eigenvalue weighted by atomic mass is 10.3. The molecule has 0 unspecified atom stereocenters. The Labute approximate surface area is 106 Å². The van der Waals surface area contributed by atoms with Crippen LogP contribution in [0.4, 0.5) is 13.2 Å². The molecule has 2 N–H and O–H groups in total. The fraction of sp³-hybridized carbons (Fsp3) is 1.00. The summed E-state index contributed by atoms with van der Waals surface area (Å²) in [5.41, 5.74) is 0. The second kappa shape index (κ2) is 7.96. The summed E-state index contributed by atoms with van der Waals surface area (Å²) in [6.45, 7) is 4.30. The third-order valence-electron chi connectivity index (χ3n) is 2.10. The molecule has 18 heavy (non-hydrogen) atoms. The van der Waals surface area contributed by atoms with E-state index < -0.39 is 22.6 Å². The Balaban J connectivity index is 3.68. The van der Waals surface area contributed by atoms with Crippen LogP contribution in [0.15, 0.2) is 0 Å². The van der Waals surface area contributed by atoms with Gasteiger partial charge >= 0.3 is 6.18 Å². The highest BCUT2D eigenvalue weighted by Crippen LogP contribution is 2.20. The normalized spacial score (nSPS) is 13.2. The van der Waals surface area contributed by atoms with Gasteiger partial charge in [0.25, 0.3) is 0 Å². The average Bonchev–Trinajstić information content (AvgIpc) is 2.18. The van der Waals surface area contributed by atoms with Gasteiger partial charge in [0, 0.05) is 19.0 Å². The summed E-state index contributed by atoms with van der Waals surface area (Å²) in [7, 11) is -3.45. The van der Waals surface area contributed by atoms with Crippen LogP contribution in [0.3, 0.4) is 0 Å². The summed E-state index contributed by atoms with van der Waals surface area (Å²) in [4.78, 5) is 0. The van der Waals surface area contributed by atoms with Crippen LogP contribution in [0.25, 0.3) is 0 Å². The maximum Gasteiger partial charge on any atom is 0.389 e. The fourth-order valence-corrected chi connectivity index (χ4v) is 2.37. The highest BCUT2D eigenvalue weighted by Gasteiger charge is 2.26. The molecule has 4 nitrogen and oxygen atoms in total. The Morgan fingerprint density at radius 3 is 2.22 bits per heavy atom. The molecule has 0 rings (SSSR count). The van der Waals surface area contributed by atoms with Crippen molar-refractivity contribution in [3.63, 3.8) is 0 Å². The lowest BCUT2D eigenvalue weighted by molar-refractivity contribution is -0.135. The van der Waals surface area contributed by atoms with Crippen LogP contribution < -0.4 is 10.0 Å². The van der Waals surface area contributed by atoms with Crippen molar-refractivity contribution in [3.05, 3.63) is 0 Å². The number of rotatable bonds is 9. The molecule has 0 spiro atoms. The summed E-state index contributed by atoms with van der Waals surface area (Å²) in [5, 5.41) is 3.06. The van der Waals surface area contributed by atoms with Crippen LogP contribution in [0.5, 0.6) is 0 Å². The lowest BCUT2D eigenvalue weighted by Crippen LogP contribution is -2.31. The SMILES string of the molecule is CC(C)NCCCS(=O)(=O)NCCCC(F)(F)F. The van der Waals surface area contributed by atoms with E-state index in [0.29, 0.717) is 13.0 Å². The van der Waals surface area contributed by atoms with Gasteiger partial charge in [-0.1, -0.05) is 13.8 Å². The number of alkyl halides is 3. The van der Waals surface area contributed by atoms with Gasteiger partial charge in [0.15, 0.2) is 0 Å². The molecule has 0 aromatic heterocycles. The molecule has 0 saturated carbocycles. The minimum absolute atomic E-state index is 0.0707. The van der Waals surface area contributed by atoms with Gasteiger partial charge in [-0.05, 0) is 19.4 Å². The fourth-order valence-electron chi connectivity index (χ4n) is 1.24. The second-order valence-electron chi connectivity index (χ2n) is 4.39. The van der Waals surface area contributed by atoms with Crippen molar-refractivity contribution in [1.29, 1.82) is 0 Å². The highest BCUT2D eigenvalue weighted by molar-refractivity contribution is 7.89. The summed E-state index contributed by atoms with van der Waals surface area (Å²) in [6.07, 6.45) is -4.99. The zero-order chi connectivity index (χ0) is 14.2. The molecule has 0 aliphatic rings. The van der Waals surface area contributed by atoms with Crippen LogP contribution in [0, 0.1) is 0 Å². The van der Waals surface area contributed by atoms with Crippen LogP contribution in [0.1, 0.15) is 33.1 Å². The van der Waals surface area contributed by atoms with E-state index in [2.05, 4.69) is 10.0 Å². The molecule has 0 fully saturated rings. The summed E-state index contributed by atoms with van der Waals surface area (Å²) < 4.78 is 60.4. The highest BCUT2D eigenvalue weighted by atomic mass is 32.2.